The lowest BCUT2D eigenvalue weighted by Crippen LogP contribution is -2.56. The van der Waals surface area contributed by atoms with E-state index in [4.69, 9.17) is 9.15 Å². The molecule has 12 heteroatoms. The van der Waals surface area contributed by atoms with Crippen LogP contribution in [-0.2, 0) is 15.7 Å². The molecule has 2 aliphatic rings. The number of carbonyl (C=O) groups excluding carboxylic acids is 3. The van der Waals surface area contributed by atoms with E-state index in [1.165, 1.54) is 30.3 Å². The molecule has 38 heavy (non-hydrogen) atoms. The fraction of sp³-hybridized carbons (Fsp3) is 0.423. The normalized spacial score (nSPS) is 20.9. The molecule has 4 rings (SSSR count). The van der Waals surface area contributed by atoms with Crippen LogP contribution in [0.15, 0.2) is 58.3 Å². The van der Waals surface area contributed by atoms with E-state index in [9.17, 15) is 27.6 Å². The van der Waals surface area contributed by atoms with E-state index >= 15 is 0 Å². The van der Waals surface area contributed by atoms with Crippen LogP contribution in [0.3, 0.4) is 0 Å². The molecule has 0 bridgehead atoms. The predicted octanol–water partition coefficient (Wildman–Crippen LogP) is 3.66. The van der Waals surface area contributed by atoms with E-state index in [2.05, 4.69) is 5.32 Å². The molecule has 1 saturated heterocycles. The van der Waals surface area contributed by atoms with Crippen molar-refractivity contribution in [1.29, 1.82) is 0 Å². The highest BCUT2D eigenvalue weighted by atomic mass is 19.4. The molecule has 204 valence electrons. The second-order valence-corrected chi connectivity index (χ2v) is 9.20. The fourth-order valence-electron chi connectivity index (χ4n) is 4.74. The number of ether oxygens (including phenoxy) is 1. The van der Waals surface area contributed by atoms with Crippen LogP contribution in [0, 0.1) is 0 Å². The smallest absolute Gasteiger partial charge is 0.416 e. The van der Waals surface area contributed by atoms with Gasteiger partial charge in [0.15, 0.2) is 5.76 Å². The number of rotatable bonds is 6. The second-order valence-electron chi connectivity index (χ2n) is 9.20. The first-order valence-corrected chi connectivity index (χ1v) is 12.2. The summed E-state index contributed by atoms with van der Waals surface area (Å²) in [5.41, 5.74) is 0.0196. The first-order chi connectivity index (χ1) is 18.0. The van der Waals surface area contributed by atoms with E-state index in [1.807, 2.05) is 11.8 Å². The number of alkyl halides is 3. The van der Waals surface area contributed by atoms with Crippen molar-refractivity contribution >= 4 is 17.9 Å². The van der Waals surface area contributed by atoms with Crippen molar-refractivity contribution in [2.24, 2.45) is 0 Å². The monoisotopic (exact) mass is 534 g/mol. The van der Waals surface area contributed by atoms with Crippen molar-refractivity contribution in [2.45, 2.75) is 32.1 Å². The number of urea groups is 1. The summed E-state index contributed by atoms with van der Waals surface area (Å²) < 4.78 is 49.8. The van der Waals surface area contributed by atoms with E-state index in [0.717, 1.165) is 12.1 Å². The van der Waals surface area contributed by atoms with E-state index < -0.39 is 29.8 Å². The van der Waals surface area contributed by atoms with Crippen LogP contribution in [0.2, 0.25) is 0 Å². The molecule has 0 unspecified atom stereocenters. The number of hydrogen-bond acceptors (Lipinski definition) is 6. The number of hydrogen-bond donors (Lipinski definition) is 1. The highest BCUT2D eigenvalue weighted by molar-refractivity contribution is 5.95. The number of nitrogens with zero attached hydrogens (tertiary/aromatic N) is 3. The Hall–Kier alpha value is -3.80. The number of likely N-dealkylation sites (N-methyl/N-ethyl adjacent to an activating group) is 1. The van der Waals surface area contributed by atoms with Crippen LogP contribution >= 0.6 is 0 Å². The van der Waals surface area contributed by atoms with Gasteiger partial charge in [-0.25, -0.2) is 9.59 Å². The highest BCUT2D eigenvalue weighted by Gasteiger charge is 2.39. The van der Waals surface area contributed by atoms with Gasteiger partial charge in [0.05, 0.1) is 30.0 Å². The van der Waals surface area contributed by atoms with E-state index in [-0.39, 0.29) is 36.4 Å². The van der Waals surface area contributed by atoms with Gasteiger partial charge in [-0.05, 0) is 43.7 Å². The Labute approximate surface area is 217 Å². The zero-order valence-electron chi connectivity index (χ0n) is 21.2. The van der Waals surface area contributed by atoms with Gasteiger partial charge in [0, 0.05) is 45.0 Å². The first-order valence-electron chi connectivity index (χ1n) is 12.2. The first kappa shape index (κ1) is 27.2. The van der Waals surface area contributed by atoms with Gasteiger partial charge in [-0.2, -0.15) is 13.2 Å². The summed E-state index contributed by atoms with van der Waals surface area (Å²) in [7, 11) is 1.52. The minimum Gasteiger partial charge on any atom is -0.463 e. The van der Waals surface area contributed by atoms with Crippen LogP contribution in [0.4, 0.5) is 18.0 Å². The summed E-state index contributed by atoms with van der Waals surface area (Å²) in [6.07, 6.45) is -3.08. The Bertz CT molecular complexity index is 1210. The van der Waals surface area contributed by atoms with Crippen molar-refractivity contribution in [3.05, 3.63) is 70.8 Å². The molecule has 0 aliphatic carbocycles. The molecule has 9 nitrogen and oxygen atoms in total. The SMILES string of the molecule is CCOC(=O)C1=C(CN2CCN(C(=O)c3ccco3)[C@H](C)C2)N(C)C(=O)N[C@@H]1c1ccc(C(F)(F)F)cc1. The summed E-state index contributed by atoms with van der Waals surface area (Å²) in [5, 5.41) is 2.71. The van der Waals surface area contributed by atoms with Crippen LogP contribution in [0.25, 0.3) is 0 Å². The largest absolute Gasteiger partial charge is 0.463 e. The number of furan rings is 1. The molecule has 3 heterocycles. The topological polar surface area (TPSA) is 95.3 Å². The third-order valence-electron chi connectivity index (χ3n) is 6.72. The Balaban J connectivity index is 1.62. The average Bonchev–Trinajstić information content (AvgIpc) is 3.41. The Kier molecular flexibility index (Phi) is 7.81. The van der Waals surface area contributed by atoms with Crippen LogP contribution in [-0.4, -0.2) is 78.5 Å². The lowest BCUT2D eigenvalue weighted by molar-refractivity contribution is -0.139. The quantitative estimate of drug-likeness (QED) is 0.569. The molecular weight excluding hydrogens is 505 g/mol. The van der Waals surface area contributed by atoms with Gasteiger partial charge in [-0.3, -0.25) is 14.6 Å². The second kappa shape index (κ2) is 10.9. The van der Waals surface area contributed by atoms with Gasteiger partial charge in [-0.15, -0.1) is 0 Å². The summed E-state index contributed by atoms with van der Waals surface area (Å²) in [6, 6.07) is 5.91. The molecule has 0 radical (unpaired) electrons. The van der Waals surface area contributed by atoms with Crippen molar-refractivity contribution in [3.63, 3.8) is 0 Å². The summed E-state index contributed by atoms with van der Waals surface area (Å²) in [4.78, 5) is 43.8. The lowest BCUT2D eigenvalue weighted by Gasteiger charge is -2.42. The van der Waals surface area contributed by atoms with Gasteiger partial charge in [0.25, 0.3) is 5.91 Å². The molecule has 2 atom stereocenters. The Morgan fingerprint density at radius 3 is 2.45 bits per heavy atom. The molecule has 2 aliphatic heterocycles. The van der Waals surface area contributed by atoms with Crippen LogP contribution in [0.5, 0.6) is 0 Å². The summed E-state index contributed by atoms with van der Waals surface area (Å²) in [5.74, 6) is -0.635. The summed E-state index contributed by atoms with van der Waals surface area (Å²) >= 11 is 0. The standard InChI is InChI=1S/C26H29F3N4O5/c1-4-37-24(35)21-19(15-32-11-12-33(16(2)14-32)23(34)20-6-5-13-38-20)31(3)25(36)30-22(21)17-7-9-18(10-8-17)26(27,28)29/h5-10,13,16,22H,4,11-12,14-15H2,1-3H3,(H,30,36)/t16-,22-/m1/s1. The van der Waals surface area contributed by atoms with Gasteiger partial charge in [-0.1, -0.05) is 12.1 Å². The highest BCUT2D eigenvalue weighted by Crippen LogP contribution is 2.34. The molecule has 0 saturated carbocycles. The molecular formula is C26H29F3N4O5. The van der Waals surface area contributed by atoms with Crippen molar-refractivity contribution in [1.82, 2.24) is 20.0 Å². The van der Waals surface area contributed by atoms with Crippen molar-refractivity contribution < 1.29 is 36.7 Å². The molecule has 1 aromatic heterocycles. The minimum atomic E-state index is -4.52. The van der Waals surface area contributed by atoms with Gasteiger partial charge >= 0.3 is 18.2 Å². The number of halogens is 3. The molecule has 1 aromatic carbocycles. The third kappa shape index (κ3) is 5.54. The fourth-order valence-corrected chi connectivity index (χ4v) is 4.74. The van der Waals surface area contributed by atoms with E-state index in [1.54, 1.807) is 24.0 Å². The number of esters is 1. The van der Waals surface area contributed by atoms with Gasteiger partial charge in [0.2, 0.25) is 0 Å². The molecule has 1 N–H and O–H groups in total. The third-order valence-corrected chi connectivity index (χ3v) is 6.72. The van der Waals surface area contributed by atoms with Crippen LogP contribution in [0.1, 0.15) is 41.6 Å². The Morgan fingerprint density at radius 2 is 1.87 bits per heavy atom. The zero-order valence-corrected chi connectivity index (χ0v) is 21.2. The lowest BCUT2D eigenvalue weighted by atomic mass is 9.93. The molecule has 2 aromatic rings. The minimum absolute atomic E-state index is 0.0810. The molecule has 1 fully saturated rings. The predicted molar refractivity (Wildman–Crippen MR) is 130 cm³/mol. The molecule has 3 amide bonds. The maximum Gasteiger partial charge on any atom is 0.416 e. The average molecular weight is 535 g/mol. The number of piperazine rings is 1. The maximum atomic E-state index is 13.1. The van der Waals surface area contributed by atoms with Gasteiger partial charge in [0.1, 0.15) is 0 Å². The van der Waals surface area contributed by atoms with Crippen molar-refractivity contribution in [3.8, 4) is 0 Å². The molecule has 0 spiro atoms. The van der Waals surface area contributed by atoms with E-state index in [0.29, 0.717) is 30.9 Å². The summed E-state index contributed by atoms with van der Waals surface area (Å²) in [6.45, 7) is 5.16. The number of amides is 3. The van der Waals surface area contributed by atoms with Gasteiger partial charge < -0.3 is 19.4 Å². The number of nitrogens with one attached hydrogen (secondary N) is 1. The zero-order chi connectivity index (χ0) is 27.6. The van der Waals surface area contributed by atoms with Crippen LogP contribution < -0.4 is 5.32 Å². The Morgan fingerprint density at radius 1 is 1.16 bits per heavy atom. The number of benzene rings is 1. The van der Waals surface area contributed by atoms with Crippen molar-refractivity contribution in [2.75, 3.05) is 39.8 Å². The number of carbonyl (C=O) groups is 3. The maximum absolute atomic E-state index is 13.1.